The number of anilines is 3. The molecule has 0 aliphatic carbocycles. The number of carbonyl (C=O) groups is 2. The first-order chi connectivity index (χ1) is 11.2. The summed E-state index contributed by atoms with van der Waals surface area (Å²) in [5, 5.41) is 17.5. The Hall–Kier alpha value is -3.33. The van der Waals surface area contributed by atoms with E-state index in [1.807, 2.05) is 6.07 Å². The molecule has 23 heavy (non-hydrogen) atoms. The van der Waals surface area contributed by atoms with Gasteiger partial charge >= 0.3 is 0 Å². The predicted octanol–water partition coefficient (Wildman–Crippen LogP) is 2.56. The van der Waals surface area contributed by atoms with Crippen LogP contribution in [0.3, 0.4) is 0 Å². The van der Waals surface area contributed by atoms with E-state index in [-0.39, 0.29) is 11.8 Å². The van der Waals surface area contributed by atoms with Crippen molar-refractivity contribution >= 4 is 28.9 Å². The number of carbonyl (C=O) groups excluding carboxylic acids is 2. The van der Waals surface area contributed by atoms with E-state index in [1.54, 1.807) is 42.5 Å². The maximum absolute atomic E-state index is 12.5. The molecule has 0 atom stereocenters. The van der Waals surface area contributed by atoms with Crippen molar-refractivity contribution in [2.24, 2.45) is 0 Å². The molecule has 1 aliphatic heterocycles. The van der Waals surface area contributed by atoms with Gasteiger partial charge in [0, 0.05) is 18.7 Å². The Morgan fingerprint density at radius 2 is 1.96 bits per heavy atom. The lowest BCUT2D eigenvalue weighted by molar-refractivity contribution is -0.115. The van der Waals surface area contributed by atoms with Gasteiger partial charge in [-0.15, -0.1) is 0 Å². The zero-order valence-corrected chi connectivity index (χ0v) is 12.2. The number of nitrogens with zero attached hydrogens (tertiary/aromatic N) is 1. The van der Waals surface area contributed by atoms with Gasteiger partial charge in [-0.1, -0.05) is 6.07 Å². The zero-order valence-electron chi connectivity index (χ0n) is 12.2. The highest BCUT2D eigenvalue weighted by molar-refractivity contribution is 6.11. The summed E-state index contributed by atoms with van der Waals surface area (Å²) in [4.78, 5) is 24.1. The Bertz CT molecular complexity index is 806. The van der Waals surface area contributed by atoms with Gasteiger partial charge in [0.2, 0.25) is 5.91 Å². The maximum Gasteiger partial charge on any atom is 0.257 e. The Morgan fingerprint density at radius 1 is 1.17 bits per heavy atom. The summed E-state index contributed by atoms with van der Waals surface area (Å²) < 4.78 is 0. The molecule has 3 N–H and O–H groups in total. The molecule has 6 heteroatoms. The summed E-state index contributed by atoms with van der Waals surface area (Å²) in [7, 11) is 0. The van der Waals surface area contributed by atoms with Crippen molar-refractivity contribution in [1.29, 1.82) is 5.26 Å². The van der Waals surface area contributed by atoms with Gasteiger partial charge in [-0.05, 0) is 36.4 Å². The van der Waals surface area contributed by atoms with Crippen molar-refractivity contribution in [3.8, 4) is 6.07 Å². The van der Waals surface area contributed by atoms with Crippen LogP contribution in [-0.2, 0) is 4.79 Å². The van der Waals surface area contributed by atoms with E-state index in [0.717, 1.165) is 0 Å². The Kier molecular flexibility index (Phi) is 3.93. The number of hydrogen-bond acceptors (Lipinski definition) is 4. The third-order valence-corrected chi connectivity index (χ3v) is 3.51. The molecule has 3 rings (SSSR count). The van der Waals surface area contributed by atoms with Crippen molar-refractivity contribution in [3.63, 3.8) is 0 Å². The van der Waals surface area contributed by atoms with Gasteiger partial charge in [-0.3, -0.25) is 9.59 Å². The van der Waals surface area contributed by atoms with E-state index in [0.29, 0.717) is 41.2 Å². The summed E-state index contributed by atoms with van der Waals surface area (Å²) >= 11 is 0. The first-order valence-corrected chi connectivity index (χ1v) is 7.15. The first-order valence-electron chi connectivity index (χ1n) is 7.15. The highest BCUT2D eigenvalue weighted by atomic mass is 16.2. The highest BCUT2D eigenvalue weighted by Crippen LogP contribution is 2.29. The van der Waals surface area contributed by atoms with Crippen LogP contribution in [0, 0.1) is 11.3 Å². The third kappa shape index (κ3) is 3.14. The van der Waals surface area contributed by atoms with Crippen LogP contribution in [-0.4, -0.2) is 18.4 Å². The molecule has 114 valence electrons. The zero-order chi connectivity index (χ0) is 16.2. The van der Waals surface area contributed by atoms with Crippen molar-refractivity contribution in [2.75, 3.05) is 22.5 Å². The molecule has 0 unspecified atom stereocenters. The number of para-hydroxylation sites is 1. The number of nitrogens with one attached hydrogen (secondary N) is 3. The number of hydrogen-bond donors (Lipinski definition) is 3. The third-order valence-electron chi connectivity index (χ3n) is 3.51. The predicted molar refractivity (Wildman–Crippen MR) is 87.3 cm³/mol. The molecule has 6 nitrogen and oxygen atoms in total. The Balaban J connectivity index is 1.86. The second kappa shape index (κ2) is 6.20. The summed E-state index contributed by atoms with van der Waals surface area (Å²) in [5.41, 5.74) is 2.80. The Labute approximate surface area is 133 Å². The van der Waals surface area contributed by atoms with Gasteiger partial charge in [0.05, 0.1) is 28.6 Å². The van der Waals surface area contributed by atoms with Crippen LogP contribution < -0.4 is 16.0 Å². The molecule has 0 fully saturated rings. The molecule has 1 heterocycles. The second-order valence-corrected chi connectivity index (χ2v) is 5.10. The molecule has 0 spiro atoms. The number of rotatable bonds is 2. The molecule has 0 saturated carbocycles. The average molecular weight is 306 g/mol. The van der Waals surface area contributed by atoms with E-state index >= 15 is 0 Å². The molecule has 2 aromatic carbocycles. The van der Waals surface area contributed by atoms with E-state index in [4.69, 9.17) is 5.26 Å². The molecular weight excluding hydrogens is 292 g/mol. The van der Waals surface area contributed by atoms with Gasteiger partial charge in [0.25, 0.3) is 5.91 Å². The fourth-order valence-electron chi connectivity index (χ4n) is 2.38. The lowest BCUT2D eigenvalue weighted by Crippen LogP contribution is -2.15. The number of amides is 2. The van der Waals surface area contributed by atoms with Crippen LogP contribution in [0.15, 0.2) is 42.5 Å². The SMILES string of the molecule is N#Cc1ccc(NC(=O)c2cccc3c2NCCC(=O)N3)cc1. The van der Waals surface area contributed by atoms with Crippen molar-refractivity contribution in [2.45, 2.75) is 6.42 Å². The van der Waals surface area contributed by atoms with Crippen molar-refractivity contribution in [1.82, 2.24) is 0 Å². The molecule has 2 amide bonds. The standard InChI is InChI=1S/C17H14N4O2/c18-10-11-4-6-12(7-5-11)20-17(23)13-2-1-3-14-16(13)19-9-8-15(22)21-14/h1-7,19H,8-9H2,(H,20,23)(H,21,22). The quantitative estimate of drug-likeness (QED) is 0.795. The van der Waals surface area contributed by atoms with E-state index in [9.17, 15) is 9.59 Å². The maximum atomic E-state index is 12.5. The number of benzene rings is 2. The molecule has 0 bridgehead atoms. The molecule has 0 radical (unpaired) electrons. The smallest absolute Gasteiger partial charge is 0.257 e. The van der Waals surface area contributed by atoms with Gasteiger partial charge in [-0.25, -0.2) is 0 Å². The molecule has 0 saturated heterocycles. The lowest BCUT2D eigenvalue weighted by atomic mass is 10.1. The van der Waals surface area contributed by atoms with Crippen LogP contribution in [0.25, 0.3) is 0 Å². The summed E-state index contributed by atoms with van der Waals surface area (Å²) in [6, 6.07) is 13.8. The van der Waals surface area contributed by atoms with Gasteiger partial charge < -0.3 is 16.0 Å². The fourth-order valence-corrected chi connectivity index (χ4v) is 2.38. The minimum absolute atomic E-state index is 0.0825. The summed E-state index contributed by atoms with van der Waals surface area (Å²) in [5.74, 6) is -0.365. The number of nitriles is 1. The Morgan fingerprint density at radius 3 is 2.70 bits per heavy atom. The molecule has 1 aliphatic rings. The van der Waals surface area contributed by atoms with Gasteiger partial charge in [0.1, 0.15) is 0 Å². The van der Waals surface area contributed by atoms with Gasteiger partial charge in [-0.2, -0.15) is 5.26 Å². The lowest BCUT2D eigenvalue weighted by Gasteiger charge is -2.13. The van der Waals surface area contributed by atoms with Crippen molar-refractivity contribution in [3.05, 3.63) is 53.6 Å². The number of fused-ring (bicyclic) bond motifs is 1. The highest BCUT2D eigenvalue weighted by Gasteiger charge is 2.19. The molecule has 2 aromatic rings. The monoisotopic (exact) mass is 306 g/mol. The average Bonchev–Trinajstić information content (AvgIpc) is 2.75. The van der Waals surface area contributed by atoms with Gasteiger partial charge in [0.15, 0.2) is 0 Å². The molecular formula is C17H14N4O2. The molecule has 0 aromatic heterocycles. The summed E-state index contributed by atoms with van der Waals surface area (Å²) in [6.45, 7) is 0.472. The summed E-state index contributed by atoms with van der Waals surface area (Å²) in [6.07, 6.45) is 0.353. The largest absolute Gasteiger partial charge is 0.382 e. The minimum atomic E-state index is -0.282. The van der Waals surface area contributed by atoms with Crippen LogP contribution in [0.5, 0.6) is 0 Å². The van der Waals surface area contributed by atoms with E-state index in [2.05, 4.69) is 16.0 Å². The topological polar surface area (TPSA) is 94.0 Å². The van der Waals surface area contributed by atoms with E-state index in [1.165, 1.54) is 0 Å². The van der Waals surface area contributed by atoms with Crippen LogP contribution in [0.2, 0.25) is 0 Å². The van der Waals surface area contributed by atoms with Crippen LogP contribution >= 0.6 is 0 Å². The van der Waals surface area contributed by atoms with Crippen molar-refractivity contribution < 1.29 is 9.59 Å². The minimum Gasteiger partial charge on any atom is -0.382 e. The normalized spacial score (nSPS) is 12.9. The first kappa shape index (κ1) is 14.6. The second-order valence-electron chi connectivity index (χ2n) is 5.10. The van der Waals surface area contributed by atoms with Crippen LogP contribution in [0.1, 0.15) is 22.3 Å². The van der Waals surface area contributed by atoms with E-state index < -0.39 is 0 Å². The fraction of sp³-hybridized carbons (Fsp3) is 0.118. The van der Waals surface area contributed by atoms with Crippen LogP contribution in [0.4, 0.5) is 17.1 Å².